The van der Waals surface area contributed by atoms with Gasteiger partial charge in [-0.05, 0) is 48.7 Å². The van der Waals surface area contributed by atoms with Crippen LogP contribution in [0.25, 0.3) is 31.3 Å². The van der Waals surface area contributed by atoms with Crippen LogP contribution in [0.1, 0.15) is 70.6 Å². The molecule has 0 aromatic carbocycles. The molecule has 3 aliphatic carbocycles. The first kappa shape index (κ1) is 34.3. The molecule has 22 heteroatoms. The van der Waals surface area contributed by atoms with Gasteiger partial charge in [-0.15, -0.1) is 0 Å². The highest BCUT2D eigenvalue weighted by Gasteiger charge is 2.62. The van der Waals surface area contributed by atoms with E-state index < -0.39 is 88.2 Å². The number of azide groups is 3. The molecule has 260 valence electrons. The molecule has 6 fully saturated rings. The number of rotatable bonds is 7. The zero-order chi connectivity index (χ0) is 33.5. The van der Waals surface area contributed by atoms with Gasteiger partial charge in [0, 0.05) is 40.4 Å². The van der Waals surface area contributed by atoms with Crippen LogP contribution < -0.4 is 0 Å². The van der Waals surface area contributed by atoms with Crippen molar-refractivity contribution in [2.24, 2.45) is 15.3 Å². The van der Waals surface area contributed by atoms with E-state index in [9.17, 15) is 38.2 Å². The van der Waals surface area contributed by atoms with Gasteiger partial charge >= 0.3 is 15.6 Å². The van der Waals surface area contributed by atoms with Crippen molar-refractivity contribution in [3.63, 3.8) is 0 Å². The van der Waals surface area contributed by atoms with Gasteiger partial charge in [0.05, 0.1) is 30.9 Å². The van der Waals surface area contributed by atoms with E-state index in [2.05, 4.69) is 30.1 Å². The van der Waals surface area contributed by atoms with Crippen LogP contribution in [-0.4, -0.2) is 93.1 Å². The maximum absolute atomic E-state index is 13.6. The molecule has 3 saturated carbocycles. The van der Waals surface area contributed by atoms with Gasteiger partial charge < -0.3 is 28.4 Å². The normalized spacial score (nSPS) is 39.5. The van der Waals surface area contributed by atoms with Gasteiger partial charge in [0.2, 0.25) is 0 Å². The Morgan fingerprint density at radius 1 is 0.745 bits per heavy atom. The summed E-state index contributed by atoms with van der Waals surface area (Å²) < 4.78 is 108. The highest BCUT2D eigenvalue weighted by atomic mass is 32.2. The molecule has 6 rings (SSSR count). The van der Waals surface area contributed by atoms with Crippen molar-refractivity contribution in [3.8, 4) is 0 Å². The van der Waals surface area contributed by atoms with E-state index in [-0.39, 0.29) is 13.0 Å². The van der Waals surface area contributed by atoms with E-state index in [4.69, 9.17) is 32.6 Å². The number of ether oxygens (including phenoxy) is 6. The minimum atomic E-state index is -6.24. The van der Waals surface area contributed by atoms with E-state index in [0.717, 1.165) is 25.7 Å². The quantitative estimate of drug-likeness (QED) is 0.110. The predicted molar refractivity (Wildman–Crippen MR) is 149 cm³/mol. The Morgan fingerprint density at radius 2 is 1.32 bits per heavy atom. The number of alkyl halides is 3. The summed E-state index contributed by atoms with van der Waals surface area (Å²) in [7, 11) is -6.24. The third kappa shape index (κ3) is 6.69. The summed E-state index contributed by atoms with van der Waals surface area (Å²) in [5.41, 5.74) is 22.3. The van der Waals surface area contributed by atoms with Crippen LogP contribution in [0.2, 0.25) is 0 Å². The molecule has 3 saturated heterocycles. The maximum Gasteiger partial charge on any atom is 0.523 e. The average Bonchev–Trinajstić information content (AvgIpc) is 3.39. The van der Waals surface area contributed by atoms with E-state index in [1.807, 2.05) is 0 Å². The number of nitrogens with zero attached hydrogens (tertiary/aromatic N) is 9. The lowest BCUT2D eigenvalue weighted by molar-refractivity contribution is -0.385. The van der Waals surface area contributed by atoms with Crippen LogP contribution in [-0.2, 0) is 42.7 Å². The highest BCUT2D eigenvalue weighted by Crippen LogP contribution is 2.48. The Hall–Kier alpha value is -2.61. The molecule has 0 aromatic rings. The second-order valence-electron chi connectivity index (χ2n) is 12.6. The molecule has 0 bridgehead atoms. The number of hydrogen-bond donors (Lipinski definition) is 0. The van der Waals surface area contributed by atoms with Crippen molar-refractivity contribution >= 4 is 10.1 Å². The third-order valence-corrected chi connectivity index (χ3v) is 10.7. The standard InChI is InChI=1S/C25H34F3N9O9S/c26-25(27,28)47(38,39)46-20-16(34-37-31)22(41-15-12-40-23(44-19(15)20)7-3-1-4-8-23)42-17-13(32-35-29)11-14(33-36-30)18-21(17)45-24(43-18)9-5-2-6-10-24/h13-22H,1-12H2/t13?,14-,15?,16?,17-,18?,19-,20?,21?,22-/m1/s1. The highest BCUT2D eigenvalue weighted by molar-refractivity contribution is 7.87. The molecule has 6 aliphatic rings. The molecular formula is C25H34F3N9O9S. The van der Waals surface area contributed by atoms with Crippen molar-refractivity contribution in [1.29, 1.82) is 0 Å². The maximum atomic E-state index is 13.6. The van der Waals surface area contributed by atoms with Crippen LogP contribution in [0.3, 0.4) is 0 Å². The second-order valence-corrected chi connectivity index (χ2v) is 14.1. The van der Waals surface area contributed by atoms with Crippen LogP contribution in [0.5, 0.6) is 0 Å². The topological polar surface area (TPSA) is 245 Å². The summed E-state index contributed by atoms with van der Waals surface area (Å²) in [6.45, 7) is -0.225. The molecule has 18 nitrogen and oxygen atoms in total. The van der Waals surface area contributed by atoms with Crippen LogP contribution in [0.15, 0.2) is 15.3 Å². The Balaban J connectivity index is 1.35. The molecule has 0 amide bonds. The van der Waals surface area contributed by atoms with Gasteiger partial charge in [-0.1, -0.05) is 28.2 Å². The lowest BCUT2D eigenvalue weighted by Gasteiger charge is -2.53. The first-order valence-corrected chi connectivity index (χ1v) is 17.0. The van der Waals surface area contributed by atoms with Crippen molar-refractivity contribution in [3.05, 3.63) is 31.3 Å². The Bertz CT molecular complexity index is 1430. The fourth-order valence-electron chi connectivity index (χ4n) is 7.59. The van der Waals surface area contributed by atoms with Crippen molar-refractivity contribution in [1.82, 2.24) is 0 Å². The molecule has 10 atom stereocenters. The summed E-state index contributed by atoms with van der Waals surface area (Å²) in [6, 6.07) is -3.75. The lowest BCUT2D eigenvalue weighted by atomic mass is 9.84. The van der Waals surface area contributed by atoms with Gasteiger partial charge in [0.1, 0.15) is 30.5 Å². The van der Waals surface area contributed by atoms with Gasteiger partial charge in [-0.25, -0.2) is 0 Å². The summed E-state index contributed by atoms with van der Waals surface area (Å²) in [5, 5.41) is 11.3. The number of halogens is 3. The van der Waals surface area contributed by atoms with Crippen molar-refractivity contribution in [2.45, 2.75) is 149 Å². The zero-order valence-corrected chi connectivity index (χ0v) is 25.8. The first-order chi connectivity index (χ1) is 22.4. The molecule has 0 N–H and O–H groups in total. The minimum Gasteiger partial charge on any atom is -0.347 e. The molecule has 0 radical (unpaired) electrons. The van der Waals surface area contributed by atoms with Crippen LogP contribution in [0.4, 0.5) is 13.2 Å². The molecule has 6 unspecified atom stereocenters. The van der Waals surface area contributed by atoms with Gasteiger partial charge in [-0.3, -0.25) is 4.18 Å². The van der Waals surface area contributed by atoms with E-state index in [1.54, 1.807) is 0 Å². The molecule has 47 heavy (non-hydrogen) atoms. The van der Waals surface area contributed by atoms with Crippen LogP contribution >= 0.6 is 0 Å². The minimum absolute atomic E-state index is 0.0541. The van der Waals surface area contributed by atoms with Crippen molar-refractivity contribution < 1.29 is 54.2 Å². The SMILES string of the molecule is [N-]=[N+]=NC1C(OS(=O)(=O)C(F)(F)F)[C@@H]2OC3(CCCCC3)OCC2O[C@@H]1O[C@@H]1C(N=[N+]=[N-])C[C@@H](N=[N+]=[N-])C2OC3(CCCCC3)OC21. The van der Waals surface area contributed by atoms with Gasteiger partial charge in [0.15, 0.2) is 17.9 Å². The summed E-state index contributed by atoms with van der Waals surface area (Å²) >= 11 is 0. The van der Waals surface area contributed by atoms with Crippen LogP contribution in [0, 0.1) is 0 Å². The Labute approximate surface area is 266 Å². The molecule has 3 heterocycles. The lowest BCUT2D eigenvalue weighted by Crippen LogP contribution is -2.67. The van der Waals surface area contributed by atoms with Gasteiger partial charge in [-0.2, -0.15) is 21.6 Å². The Kier molecular flexibility index (Phi) is 9.74. The molecule has 0 aromatic heterocycles. The third-order valence-electron chi connectivity index (χ3n) is 9.70. The fraction of sp³-hybridized carbons (Fsp3) is 1.00. The zero-order valence-electron chi connectivity index (χ0n) is 25.0. The summed E-state index contributed by atoms with van der Waals surface area (Å²) in [6.07, 6.45) is -3.02. The number of fused-ring (bicyclic) bond motifs is 2. The largest absolute Gasteiger partial charge is 0.523 e. The molecular weight excluding hydrogens is 659 g/mol. The number of hydrogen-bond acceptors (Lipinski definition) is 12. The van der Waals surface area contributed by atoms with E-state index in [0.29, 0.717) is 38.5 Å². The monoisotopic (exact) mass is 693 g/mol. The summed E-state index contributed by atoms with van der Waals surface area (Å²) in [5.74, 6) is -2.26. The predicted octanol–water partition coefficient (Wildman–Crippen LogP) is 5.29. The molecule has 2 spiro atoms. The van der Waals surface area contributed by atoms with Gasteiger partial charge in [0.25, 0.3) is 0 Å². The second kappa shape index (κ2) is 13.4. The average molecular weight is 694 g/mol. The van der Waals surface area contributed by atoms with E-state index in [1.165, 1.54) is 0 Å². The first-order valence-electron chi connectivity index (χ1n) is 15.5. The smallest absolute Gasteiger partial charge is 0.347 e. The van der Waals surface area contributed by atoms with E-state index >= 15 is 0 Å². The summed E-state index contributed by atoms with van der Waals surface area (Å²) in [4.78, 5) is 8.55. The molecule has 3 aliphatic heterocycles. The fourth-order valence-corrected chi connectivity index (χ4v) is 8.22. The Morgan fingerprint density at radius 3 is 1.94 bits per heavy atom. The van der Waals surface area contributed by atoms with Crippen molar-refractivity contribution in [2.75, 3.05) is 6.61 Å².